The van der Waals surface area contributed by atoms with Crippen LogP contribution in [0.5, 0.6) is 0 Å². The van der Waals surface area contributed by atoms with Crippen LogP contribution >= 0.6 is 0 Å². The first kappa shape index (κ1) is 12.2. The predicted molar refractivity (Wildman–Crippen MR) is 62.2 cm³/mol. The molecule has 0 spiro atoms. The van der Waals surface area contributed by atoms with E-state index < -0.39 is 0 Å². The van der Waals surface area contributed by atoms with E-state index in [1.54, 1.807) is 0 Å². The molecule has 0 aliphatic carbocycles. The van der Waals surface area contributed by atoms with Gasteiger partial charge in [0.25, 0.3) is 0 Å². The van der Waals surface area contributed by atoms with Gasteiger partial charge in [-0.15, -0.1) is 0 Å². The molecule has 1 unspecified atom stereocenters. The first-order chi connectivity index (χ1) is 7.20. The molecule has 1 aromatic carbocycles. The Bertz CT molecular complexity index is 268. The molecule has 0 aliphatic heterocycles. The topological polar surface area (TPSA) is 46.2 Å². The van der Waals surface area contributed by atoms with E-state index in [2.05, 4.69) is 19.2 Å². The SMILES string of the molecule is C[N+](CCN)(CCO)Cc1ccccc1. The van der Waals surface area contributed by atoms with Gasteiger partial charge in [0.05, 0.1) is 20.2 Å². The van der Waals surface area contributed by atoms with Gasteiger partial charge < -0.3 is 15.3 Å². The highest BCUT2D eigenvalue weighted by molar-refractivity contribution is 5.13. The molecule has 0 bridgehead atoms. The molecular formula is C12H21N2O+. The second-order valence-corrected chi connectivity index (χ2v) is 4.22. The molecule has 1 atom stereocenters. The fourth-order valence-corrected chi connectivity index (χ4v) is 1.85. The summed E-state index contributed by atoms with van der Waals surface area (Å²) < 4.78 is 0.803. The van der Waals surface area contributed by atoms with E-state index in [1.165, 1.54) is 5.56 Å². The summed E-state index contributed by atoms with van der Waals surface area (Å²) in [5.74, 6) is 0. The smallest absolute Gasteiger partial charge is 0.104 e. The minimum atomic E-state index is 0.212. The minimum absolute atomic E-state index is 0.212. The van der Waals surface area contributed by atoms with E-state index in [4.69, 9.17) is 10.8 Å². The zero-order valence-electron chi connectivity index (χ0n) is 9.39. The van der Waals surface area contributed by atoms with E-state index >= 15 is 0 Å². The first-order valence-electron chi connectivity index (χ1n) is 5.38. The lowest BCUT2D eigenvalue weighted by Gasteiger charge is -2.33. The summed E-state index contributed by atoms with van der Waals surface area (Å²) in [6.07, 6.45) is 0. The Hall–Kier alpha value is -0.900. The van der Waals surface area contributed by atoms with Gasteiger partial charge in [0.15, 0.2) is 0 Å². The average Bonchev–Trinajstić information content (AvgIpc) is 2.19. The van der Waals surface area contributed by atoms with Crippen LogP contribution in [0, 0.1) is 0 Å². The molecule has 0 saturated carbocycles. The van der Waals surface area contributed by atoms with Crippen LogP contribution in [0.2, 0.25) is 0 Å². The molecule has 0 fully saturated rings. The molecule has 1 aromatic rings. The maximum atomic E-state index is 9.05. The summed E-state index contributed by atoms with van der Waals surface area (Å²) in [7, 11) is 2.13. The number of likely N-dealkylation sites (N-methyl/N-ethyl adjacent to an activating group) is 1. The van der Waals surface area contributed by atoms with Crippen molar-refractivity contribution in [3.8, 4) is 0 Å². The Morgan fingerprint density at radius 2 is 1.87 bits per heavy atom. The largest absolute Gasteiger partial charge is 0.391 e. The summed E-state index contributed by atoms with van der Waals surface area (Å²) in [6, 6.07) is 10.3. The molecule has 0 amide bonds. The lowest BCUT2D eigenvalue weighted by atomic mass is 10.2. The number of hydrogen-bond donors (Lipinski definition) is 2. The summed E-state index contributed by atoms with van der Waals surface area (Å²) in [6.45, 7) is 3.45. The molecule has 3 N–H and O–H groups in total. The lowest BCUT2D eigenvalue weighted by molar-refractivity contribution is -0.921. The van der Waals surface area contributed by atoms with Crippen molar-refractivity contribution in [3.05, 3.63) is 35.9 Å². The predicted octanol–water partition coefficient (Wildman–Crippen LogP) is 0.584. The third-order valence-electron chi connectivity index (χ3n) is 2.72. The van der Waals surface area contributed by atoms with E-state index in [0.29, 0.717) is 6.54 Å². The fraction of sp³-hybridized carbons (Fsp3) is 0.500. The second-order valence-electron chi connectivity index (χ2n) is 4.22. The van der Waals surface area contributed by atoms with Crippen LogP contribution in [0.3, 0.4) is 0 Å². The lowest BCUT2D eigenvalue weighted by Crippen LogP contribution is -2.48. The van der Waals surface area contributed by atoms with Crippen molar-refractivity contribution in [2.75, 3.05) is 33.3 Å². The summed E-state index contributed by atoms with van der Waals surface area (Å²) >= 11 is 0. The van der Waals surface area contributed by atoms with Gasteiger partial charge in [-0.25, -0.2) is 0 Å². The average molecular weight is 209 g/mol. The van der Waals surface area contributed by atoms with Crippen molar-refractivity contribution in [2.24, 2.45) is 5.73 Å². The Labute approximate surface area is 91.7 Å². The third kappa shape index (κ3) is 4.00. The quantitative estimate of drug-likeness (QED) is 0.673. The van der Waals surface area contributed by atoms with Crippen LogP contribution in [-0.4, -0.2) is 42.9 Å². The maximum absolute atomic E-state index is 9.05. The van der Waals surface area contributed by atoms with Crippen molar-refractivity contribution in [3.63, 3.8) is 0 Å². The standard InChI is InChI=1S/C12H21N2O/c1-14(8-7-13,9-10-15)11-12-5-3-2-4-6-12/h2-6,15H,7-11,13H2,1H3/q+1. The minimum Gasteiger partial charge on any atom is -0.391 e. The number of hydrogen-bond acceptors (Lipinski definition) is 2. The normalized spacial score (nSPS) is 14.9. The first-order valence-corrected chi connectivity index (χ1v) is 5.38. The fourth-order valence-electron chi connectivity index (χ4n) is 1.85. The molecule has 84 valence electrons. The van der Waals surface area contributed by atoms with Gasteiger partial charge in [-0.05, 0) is 0 Å². The van der Waals surface area contributed by atoms with Gasteiger partial charge in [-0.3, -0.25) is 0 Å². The summed E-state index contributed by atoms with van der Waals surface area (Å²) in [5.41, 5.74) is 6.89. The van der Waals surface area contributed by atoms with Gasteiger partial charge in [0, 0.05) is 12.1 Å². The maximum Gasteiger partial charge on any atom is 0.104 e. The van der Waals surface area contributed by atoms with Crippen molar-refractivity contribution in [1.82, 2.24) is 0 Å². The molecular weight excluding hydrogens is 188 g/mol. The zero-order chi connectivity index (χ0) is 11.1. The van der Waals surface area contributed by atoms with Gasteiger partial charge >= 0.3 is 0 Å². The van der Waals surface area contributed by atoms with Crippen LogP contribution in [0.15, 0.2) is 30.3 Å². The molecule has 3 heteroatoms. The Kier molecular flexibility index (Phi) is 4.75. The van der Waals surface area contributed by atoms with Crippen LogP contribution in [-0.2, 0) is 6.54 Å². The van der Waals surface area contributed by atoms with Crippen LogP contribution in [0.4, 0.5) is 0 Å². The molecule has 0 aromatic heterocycles. The molecule has 0 saturated heterocycles. The number of aliphatic hydroxyl groups excluding tert-OH is 1. The van der Waals surface area contributed by atoms with E-state index in [0.717, 1.165) is 24.1 Å². The molecule has 3 nitrogen and oxygen atoms in total. The number of benzene rings is 1. The van der Waals surface area contributed by atoms with Gasteiger partial charge in [-0.1, -0.05) is 30.3 Å². The molecule has 1 rings (SSSR count). The highest BCUT2D eigenvalue weighted by atomic mass is 16.3. The Morgan fingerprint density at radius 1 is 1.20 bits per heavy atom. The van der Waals surface area contributed by atoms with Crippen LogP contribution in [0.1, 0.15) is 5.56 Å². The van der Waals surface area contributed by atoms with Crippen molar-refractivity contribution >= 4 is 0 Å². The number of quaternary nitrogens is 1. The summed E-state index contributed by atoms with van der Waals surface area (Å²) in [5, 5.41) is 9.05. The van der Waals surface area contributed by atoms with Crippen molar-refractivity contribution in [2.45, 2.75) is 6.54 Å². The van der Waals surface area contributed by atoms with E-state index in [1.807, 2.05) is 18.2 Å². The zero-order valence-corrected chi connectivity index (χ0v) is 9.39. The molecule has 0 aliphatic rings. The monoisotopic (exact) mass is 209 g/mol. The third-order valence-corrected chi connectivity index (χ3v) is 2.72. The Balaban J connectivity index is 2.66. The highest BCUT2D eigenvalue weighted by Gasteiger charge is 2.20. The van der Waals surface area contributed by atoms with E-state index in [9.17, 15) is 0 Å². The summed E-state index contributed by atoms with van der Waals surface area (Å²) in [4.78, 5) is 0. The second kappa shape index (κ2) is 5.85. The van der Waals surface area contributed by atoms with Crippen molar-refractivity contribution in [1.29, 1.82) is 0 Å². The number of nitrogens with two attached hydrogens (primary N) is 1. The van der Waals surface area contributed by atoms with E-state index in [-0.39, 0.29) is 6.61 Å². The molecule has 0 heterocycles. The van der Waals surface area contributed by atoms with Crippen LogP contribution < -0.4 is 5.73 Å². The van der Waals surface area contributed by atoms with Gasteiger partial charge in [-0.2, -0.15) is 0 Å². The van der Waals surface area contributed by atoms with Crippen molar-refractivity contribution < 1.29 is 9.59 Å². The van der Waals surface area contributed by atoms with Gasteiger partial charge in [0.1, 0.15) is 13.1 Å². The van der Waals surface area contributed by atoms with Gasteiger partial charge in [0.2, 0.25) is 0 Å². The molecule has 0 radical (unpaired) electrons. The van der Waals surface area contributed by atoms with Crippen LogP contribution in [0.25, 0.3) is 0 Å². The molecule has 15 heavy (non-hydrogen) atoms. The number of rotatable bonds is 6. The number of nitrogens with zero attached hydrogens (tertiary/aromatic N) is 1. The highest BCUT2D eigenvalue weighted by Crippen LogP contribution is 2.10. The number of aliphatic hydroxyl groups is 1. The Morgan fingerprint density at radius 3 is 2.40 bits per heavy atom.